The number of nitrogens with one attached hydrogen (secondary N) is 1. The van der Waals surface area contributed by atoms with E-state index in [-0.39, 0.29) is 32.1 Å². The normalized spacial score (nSPS) is 17.2. The minimum absolute atomic E-state index is 0.0971. The molecule has 3 rings (SSSR count). The van der Waals surface area contributed by atoms with Crippen molar-refractivity contribution in [2.24, 2.45) is 0 Å². The zero-order valence-corrected chi connectivity index (χ0v) is 20.2. The lowest BCUT2D eigenvalue weighted by Gasteiger charge is -2.39. The van der Waals surface area contributed by atoms with Crippen molar-refractivity contribution >= 4 is 35.1 Å². The number of piperazine rings is 1. The highest BCUT2D eigenvalue weighted by molar-refractivity contribution is 7.89. The minimum Gasteiger partial charge on any atom is -0.351 e. The van der Waals surface area contributed by atoms with Gasteiger partial charge in [0.15, 0.2) is 0 Å². The number of hydrogen-bond donors (Lipinski definition) is 1. The fraction of sp³-hybridized carbons (Fsp3) is 0.391. The number of carbonyl (C=O) groups excluding carboxylic acids is 2. The molecule has 33 heavy (non-hydrogen) atoms. The molecule has 0 aliphatic carbocycles. The molecule has 1 fully saturated rings. The van der Waals surface area contributed by atoms with E-state index in [0.29, 0.717) is 11.4 Å². The molecule has 0 aromatic heterocycles. The van der Waals surface area contributed by atoms with Crippen LogP contribution in [-0.2, 0) is 26.2 Å². The molecule has 1 atom stereocenters. The molecule has 0 unspecified atom stereocenters. The zero-order chi connectivity index (χ0) is 24.3. The number of sulfonamides is 1. The molecule has 0 bridgehead atoms. The Labute approximate surface area is 195 Å². The summed E-state index contributed by atoms with van der Waals surface area (Å²) >= 11 is 0. The van der Waals surface area contributed by atoms with Crippen molar-refractivity contribution in [1.29, 1.82) is 0 Å². The third-order valence-electron chi connectivity index (χ3n) is 5.87. The predicted molar refractivity (Wildman–Crippen MR) is 127 cm³/mol. The van der Waals surface area contributed by atoms with Crippen molar-refractivity contribution in [2.75, 3.05) is 19.6 Å². The summed E-state index contributed by atoms with van der Waals surface area (Å²) in [5.74, 6) is -1.27. The van der Waals surface area contributed by atoms with E-state index in [1.165, 1.54) is 29.5 Å². The van der Waals surface area contributed by atoms with Crippen LogP contribution in [0.1, 0.15) is 37.8 Å². The second-order valence-corrected chi connectivity index (χ2v) is 10.5. The Morgan fingerprint density at radius 2 is 1.82 bits per heavy atom. The largest absolute Gasteiger partial charge is 0.351 e. The molecule has 10 heteroatoms. The maximum atomic E-state index is 14.5. The molecule has 7 nitrogen and oxygen atoms in total. The molecular weight excluding hydrogens is 444 g/mol. The summed E-state index contributed by atoms with van der Waals surface area (Å²) in [7, 11) is -2.63. The Hall–Kier alpha value is -2.72. The Bertz CT molecular complexity index is 1140. The molecule has 0 radical (unpaired) electrons. The topological polar surface area (TPSA) is 86.8 Å². The van der Waals surface area contributed by atoms with Crippen LogP contribution >= 0.6 is 0 Å². The van der Waals surface area contributed by atoms with Crippen molar-refractivity contribution in [2.45, 2.75) is 44.2 Å². The number of carbonyl (C=O) groups is 2. The van der Waals surface area contributed by atoms with E-state index >= 15 is 0 Å². The van der Waals surface area contributed by atoms with Gasteiger partial charge in [-0.25, -0.2) is 12.8 Å². The van der Waals surface area contributed by atoms with Crippen molar-refractivity contribution in [3.8, 4) is 0 Å². The van der Waals surface area contributed by atoms with E-state index < -0.39 is 32.7 Å². The Morgan fingerprint density at radius 1 is 1.15 bits per heavy atom. The lowest BCUT2D eigenvalue weighted by atomic mass is 9.97. The standard InChI is InChI=1S/C23H29BFN3O4S/c1-15(2)18-6-4-17(5-7-18)13-26-23(30)21-14-27(16(3)29)10-11-28(21)33(31,32)22-9-8-19(24)12-20(22)25/h4-9,12,15,21H,10-11,13-14,24H2,1-3H3,(H,26,30)/t21-/m1/s1. The molecule has 1 N–H and O–H groups in total. The second kappa shape index (κ2) is 10.0. The quantitative estimate of drug-likeness (QED) is 0.628. The molecule has 2 amide bonds. The lowest BCUT2D eigenvalue weighted by Crippen LogP contribution is -2.61. The van der Waals surface area contributed by atoms with Crippen molar-refractivity contribution in [3.05, 3.63) is 59.4 Å². The highest BCUT2D eigenvalue weighted by Crippen LogP contribution is 2.24. The van der Waals surface area contributed by atoms with Crippen molar-refractivity contribution < 1.29 is 22.4 Å². The molecule has 1 aliphatic heterocycles. The van der Waals surface area contributed by atoms with Crippen molar-refractivity contribution in [1.82, 2.24) is 14.5 Å². The van der Waals surface area contributed by atoms with Gasteiger partial charge in [-0.15, -0.1) is 0 Å². The molecule has 2 aromatic carbocycles. The Kier molecular flexibility index (Phi) is 7.59. The van der Waals surface area contributed by atoms with Crippen LogP contribution in [0.5, 0.6) is 0 Å². The van der Waals surface area contributed by atoms with E-state index in [1.54, 1.807) is 7.85 Å². The van der Waals surface area contributed by atoms with E-state index in [4.69, 9.17) is 0 Å². The van der Waals surface area contributed by atoms with Gasteiger partial charge in [-0.05, 0) is 29.2 Å². The first-order valence-corrected chi connectivity index (χ1v) is 12.3. The predicted octanol–water partition coefficient (Wildman–Crippen LogP) is 0.745. The number of halogens is 1. The molecule has 1 saturated heterocycles. The van der Waals surface area contributed by atoms with Gasteiger partial charge in [-0.2, -0.15) is 4.31 Å². The highest BCUT2D eigenvalue weighted by Gasteiger charge is 2.41. The molecular formula is C23H29BFN3O4S. The first kappa shape index (κ1) is 24.9. The maximum Gasteiger partial charge on any atom is 0.246 e. The smallest absolute Gasteiger partial charge is 0.246 e. The summed E-state index contributed by atoms with van der Waals surface area (Å²) in [6.07, 6.45) is 0. The van der Waals surface area contributed by atoms with Gasteiger partial charge in [-0.1, -0.05) is 49.6 Å². The third kappa shape index (κ3) is 5.62. The van der Waals surface area contributed by atoms with Crippen LogP contribution in [0.3, 0.4) is 0 Å². The van der Waals surface area contributed by atoms with Gasteiger partial charge < -0.3 is 10.2 Å². The number of hydrogen-bond acceptors (Lipinski definition) is 4. The van der Waals surface area contributed by atoms with E-state index in [0.717, 1.165) is 15.9 Å². The average Bonchev–Trinajstić information content (AvgIpc) is 2.77. The molecule has 176 valence electrons. The van der Waals surface area contributed by atoms with Crippen molar-refractivity contribution in [3.63, 3.8) is 0 Å². The lowest BCUT2D eigenvalue weighted by molar-refractivity contribution is -0.134. The molecule has 1 aliphatic rings. The van der Waals surface area contributed by atoms with Gasteiger partial charge >= 0.3 is 0 Å². The average molecular weight is 473 g/mol. The van der Waals surface area contributed by atoms with E-state index in [2.05, 4.69) is 19.2 Å². The highest BCUT2D eigenvalue weighted by atomic mass is 32.2. The van der Waals surface area contributed by atoms with Crippen LogP contribution in [-0.4, -0.2) is 63.0 Å². The summed E-state index contributed by atoms with van der Waals surface area (Å²) in [5, 5.41) is 2.78. The van der Waals surface area contributed by atoms with Crippen LogP contribution < -0.4 is 10.8 Å². The van der Waals surface area contributed by atoms with Gasteiger partial charge in [-0.3, -0.25) is 9.59 Å². The molecule has 0 spiro atoms. The van der Waals surface area contributed by atoms with E-state index in [1.807, 2.05) is 24.3 Å². The van der Waals surface area contributed by atoms with Gasteiger partial charge in [0, 0.05) is 33.1 Å². The molecule has 1 heterocycles. The molecule has 0 saturated carbocycles. The molecule has 2 aromatic rings. The van der Waals surface area contributed by atoms with Crippen LogP contribution in [0.2, 0.25) is 0 Å². The fourth-order valence-electron chi connectivity index (χ4n) is 3.82. The summed E-state index contributed by atoms with van der Waals surface area (Å²) in [5.41, 5.74) is 2.63. The number of benzene rings is 2. The van der Waals surface area contributed by atoms with Gasteiger partial charge in [0.1, 0.15) is 24.6 Å². The van der Waals surface area contributed by atoms with Gasteiger partial charge in [0.05, 0.1) is 0 Å². The second-order valence-electron chi connectivity index (χ2n) is 8.64. The van der Waals surface area contributed by atoms with Crippen LogP contribution in [0.25, 0.3) is 0 Å². The van der Waals surface area contributed by atoms with Gasteiger partial charge in [0.25, 0.3) is 0 Å². The summed E-state index contributed by atoms with van der Waals surface area (Å²) in [6, 6.07) is 10.5. The van der Waals surface area contributed by atoms with Crippen LogP contribution in [0.4, 0.5) is 4.39 Å². The SMILES string of the molecule is Bc1ccc(S(=O)(=O)N2CCN(C(C)=O)C[C@@H]2C(=O)NCc2ccc(C(C)C)cc2)c(F)c1. The van der Waals surface area contributed by atoms with Gasteiger partial charge in [0.2, 0.25) is 21.8 Å². The first-order valence-electron chi connectivity index (χ1n) is 10.9. The minimum atomic E-state index is -4.29. The van der Waals surface area contributed by atoms with E-state index in [9.17, 15) is 22.4 Å². The number of rotatable bonds is 6. The first-order chi connectivity index (χ1) is 15.5. The number of nitrogens with zero attached hydrogens (tertiary/aromatic N) is 2. The maximum absolute atomic E-state index is 14.5. The summed E-state index contributed by atoms with van der Waals surface area (Å²) in [4.78, 5) is 26.0. The number of amides is 2. The third-order valence-corrected chi connectivity index (χ3v) is 7.81. The van der Waals surface area contributed by atoms with Crippen LogP contribution in [0, 0.1) is 5.82 Å². The Balaban J connectivity index is 1.83. The Morgan fingerprint density at radius 3 is 2.39 bits per heavy atom. The summed E-state index contributed by atoms with van der Waals surface area (Å²) in [6.45, 7) is 5.69. The fourth-order valence-corrected chi connectivity index (χ4v) is 5.44. The zero-order valence-electron chi connectivity index (χ0n) is 19.3. The monoisotopic (exact) mass is 473 g/mol. The summed E-state index contributed by atoms with van der Waals surface area (Å²) < 4.78 is 42.1. The van der Waals surface area contributed by atoms with Crippen LogP contribution in [0.15, 0.2) is 47.4 Å².